The van der Waals surface area contributed by atoms with Gasteiger partial charge in [-0.15, -0.1) is 0 Å². The molecule has 2 fully saturated rings. The van der Waals surface area contributed by atoms with Crippen molar-refractivity contribution < 1.29 is 4.92 Å². The molecule has 102 valence electrons. The van der Waals surface area contributed by atoms with E-state index in [9.17, 15) is 10.1 Å². The van der Waals surface area contributed by atoms with Gasteiger partial charge < -0.3 is 10.6 Å². The lowest BCUT2D eigenvalue weighted by Gasteiger charge is -2.24. The molecule has 3 rings (SSSR count). The highest BCUT2D eigenvalue weighted by Gasteiger charge is 2.39. The third-order valence-corrected chi connectivity index (χ3v) is 4.51. The molecule has 3 unspecified atom stereocenters. The Morgan fingerprint density at radius 2 is 2.00 bits per heavy atom. The highest BCUT2D eigenvalue weighted by molar-refractivity contribution is 5.63. The van der Waals surface area contributed by atoms with Gasteiger partial charge in [0.05, 0.1) is 4.92 Å². The van der Waals surface area contributed by atoms with Crippen molar-refractivity contribution in [3.05, 3.63) is 28.3 Å². The van der Waals surface area contributed by atoms with Crippen LogP contribution < -0.4 is 10.6 Å². The topological polar surface area (TPSA) is 67.2 Å². The van der Waals surface area contributed by atoms with Gasteiger partial charge in [0.2, 0.25) is 0 Å². The van der Waals surface area contributed by atoms with Crippen molar-refractivity contribution >= 4 is 17.1 Å². The van der Waals surface area contributed by atoms with Gasteiger partial charge in [0.15, 0.2) is 0 Å². The summed E-state index contributed by atoms with van der Waals surface area (Å²) in [4.78, 5) is 10.6. The number of hydrogen-bond donors (Lipinski definition) is 2. The van der Waals surface area contributed by atoms with Crippen LogP contribution in [0.3, 0.4) is 0 Å². The largest absolute Gasteiger partial charge is 0.388 e. The molecule has 2 N–H and O–H groups in total. The minimum Gasteiger partial charge on any atom is -0.388 e. The van der Waals surface area contributed by atoms with Gasteiger partial charge >= 0.3 is 0 Å². The Morgan fingerprint density at radius 3 is 2.58 bits per heavy atom. The van der Waals surface area contributed by atoms with E-state index in [1.807, 2.05) is 6.07 Å². The number of nitro groups is 1. The molecule has 0 heterocycles. The molecule has 5 heteroatoms. The van der Waals surface area contributed by atoms with Crippen LogP contribution in [-0.2, 0) is 0 Å². The molecule has 0 aromatic heterocycles. The number of non-ortho nitro benzene ring substituents is 1. The smallest absolute Gasteiger partial charge is 0.273 e. The second kappa shape index (κ2) is 4.72. The molecule has 2 saturated carbocycles. The molecule has 1 aromatic rings. The Hall–Kier alpha value is -1.78. The Balaban J connectivity index is 1.80. The lowest BCUT2D eigenvalue weighted by molar-refractivity contribution is -0.384. The van der Waals surface area contributed by atoms with E-state index in [0.717, 1.165) is 23.2 Å². The number of anilines is 2. The van der Waals surface area contributed by atoms with Gasteiger partial charge in [-0.05, 0) is 37.2 Å². The predicted molar refractivity (Wildman–Crippen MR) is 75.5 cm³/mol. The number of hydrogen-bond acceptors (Lipinski definition) is 4. The summed E-state index contributed by atoms with van der Waals surface area (Å²) < 4.78 is 0. The van der Waals surface area contributed by atoms with E-state index in [0.29, 0.717) is 6.04 Å². The highest BCUT2D eigenvalue weighted by Crippen LogP contribution is 2.45. The molecule has 2 aliphatic carbocycles. The Kier molecular flexibility index (Phi) is 3.05. The van der Waals surface area contributed by atoms with Crippen LogP contribution >= 0.6 is 0 Å². The molecule has 1 aromatic carbocycles. The fourth-order valence-corrected chi connectivity index (χ4v) is 3.58. The van der Waals surface area contributed by atoms with Gasteiger partial charge in [-0.1, -0.05) is 6.42 Å². The minimum absolute atomic E-state index is 0.137. The fourth-order valence-electron chi connectivity index (χ4n) is 3.58. The Morgan fingerprint density at radius 1 is 1.21 bits per heavy atom. The molecule has 0 amide bonds. The summed E-state index contributed by atoms with van der Waals surface area (Å²) in [6.45, 7) is 0. The number of nitrogens with zero attached hydrogens (tertiary/aromatic N) is 1. The van der Waals surface area contributed by atoms with Crippen molar-refractivity contribution in [1.29, 1.82) is 0 Å². The average molecular weight is 261 g/mol. The van der Waals surface area contributed by atoms with Crippen molar-refractivity contribution in [3.8, 4) is 0 Å². The molecule has 2 bridgehead atoms. The molecule has 0 radical (unpaired) electrons. The van der Waals surface area contributed by atoms with Crippen molar-refractivity contribution in [2.75, 3.05) is 17.7 Å². The first-order valence-corrected chi connectivity index (χ1v) is 6.89. The van der Waals surface area contributed by atoms with Gasteiger partial charge in [0.1, 0.15) is 0 Å². The fraction of sp³-hybridized carbons (Fsp3) is 0.571. The van der Waals surface area contributed by atoms with Crippen molar-refractivity contribution in [1.82, 2.24) is 0 Å². The van der Waals surface area contributed by atoms with Gasteiger partial charge in [-0.2, -0.15) is 0 Å². The van der Waals surface area contributed by atoms with Gasteiger partial charge in [-0.3, -0.25) is 10.1 Å². The average Bonchev–Trinajstić information content (AvgIpc) is 3.00. The van der Waals surface area contributed by atoms with Gasteiger partial charge in [0.25, 0.3) is 5.69 Å². The summed E-state index contributed by atoms with van der Waals surface area (Å²) in [6, 6.07) is 5.63. The molecule has 0 aliphatic heterocycles. The van der Waals surface area contributed by atoms with E-state index >= 15 is 0 Å². The van der Waals surface area contributed by atoms with Crippen molar-refractivity contribution in [2.45, 2.75) is 31.7 Å². The number of nitro benzene ring substituents is 1. The number of benzene rings is 1. The van der Waals surface area contributed by atoms with Crippen LogP contribution in [-0.4, -0.2) is 18.0 Å². The molecule has 3 atom stereocenters. The maximum Gasteiger partial charge on any atom is 0.273 e. The SMILES string of the molecule is CNc1cc(NC2CC3CCC2C3)cc([N+](=O)[O-])c1. The summed E-state index contributed by atoms with van der Waals surface area (Å²) in [6.07, 6.45) is 5.20. The van der Waals surface area contributed by atoms with Crippen LogP contribution in [0.4, 0.5) is 17.1 Å². The maximum atomic E-state index is 10.9. The first-order chi connectivity index (χ1) is 9.15. The minimum atomic E-state index is -0.340. The number of rotatable bonds is 4. The van der Waals surface area contributed by atoms with E-state index in [2.05, 4.69) is 10.6 Å². The number of fused-ring (bicyclic) bond motifs is 2. The van der Waals surface area contributed by atoms with Gasteiger partial charge in [-0.25, -0.2) is 0 Å². The summed E-state index contributed by atoms with van der Waals surface area (Å²) in [7, 11) is 1.78. The maximum absolute atomic E-state index is 10.9. The van der Waals surface area contributed by atoms with E-state index in [1.54, 1.807) is 19.2 Å². The zero-order chi connectivity index (χ0) is 13.4. The van der Waals surface area contributed by atoms with E-state index in [4.69, 9.17) is 0 Å². The van der Waals surface area contributed by atoms with E-state index < -0.39 is 0 Å². The molecule has 19 heavy (non-hydrogen) atoms. The summed E-state index contributed by atoms with van der Waals surface area (Å²) >= 11 is 0. The van der Waals surface area contributed by atoms with Crippen LogP contribution in [0, 0.1) is 22.0 Å². The van der Waals surface area contributed by atoms with Crippen LogP contribution in [0.5, 0.6) is 0 Å². The highest BCUT2D eigenvalue weighted by atomic mass is 16.6. The summed E-state index contributed by atoms with van der Waals surface area (Å²) in [5, 5.41) is 17.4. The summed E-state index contributed by atoms with van der Waals surface area (Å²) in [5.41, 5.74) is 1.77. The molecule has 0 spiro atoms. The standard InChI is InChI=1S/C14H19N3O2/c1-15-11-6-12(8-13(7-11)17(18)19)16-14-5-9-2-3-10(14)4-9/h6-10,14-16H,2-5H2,1H3. The van der Waals surface area contributed by atoms with E-state index in [1.165, 1.54) is 25.7 Å². The van der Waals surface area contributed by atoms with Crippen molar-refractivity contribution in [2.24, 2.45) is 11.8 Å². The quantitative estimate of drug-likeness (QED) is 0.645. The first-order valence-electron chi connectivity index (χ1n) is 6.89. The van der Waals surface area contributed by atoms with Crippen LogP contribution in [0.2, 0.25) is 0 Å². The summed E-state index contributed by atoms with van der Waals surface area (Å²) in [5.74, 6) is 1.62. The predicted octanol–water partition coefficient (Wildman–Crippen LogP) is 3.24. The zero-order valence-electron chi connectivity index (χ0n) is 11.1. The molecular weight excluding hydrogens is 242 g/mol. The third kappa shape index (κ3) is 2.37. The second-order valence-electron chi connectivity index (χ2n) is 5.70. The van der Waals surface area contributed by atoms with Crippen LogP contribution in [0.15, 0.2) is 18.2 Å². The zero-order valence-corrected chi connectivity index (χ0v) is 11.1. The lowest BCUT2D eigenvalue weighted by Crippen LogP contribution is -2.25. The number of nitrogens with one attached hydrogen (secondary N) is 2. The van der Waals surface area contributed by atoms with Crippen LogP contribution in [0.25, 0.3) is 0 Å². The Bertz CT molecular complexity index is 503. The lowest BCUT2D eigenvalue weighted by atomic mass is 9.95. The van der Waals surface area contributed by atoms with Crippen molar-refractivity contribution in [3.63, 3.8) is 0 Å². The molecule has 2 aliphatic rings. The Labute approximate surface area is 112 Å². The van der Waals surface area contributed by atoms with Crippen LogP contribution in [0.1, 0.15) is 25.7 Å². The van der Waals surface area contributed by atoms with Gasteiger partial charge in [0, 0.05) is 36.6 Å². The normalized spacial score (nSPS) is 28.4. The third-order valence-electron chi connectivity index (χ3n) is 4.51. The molecule has 0 saturated heterocycles. The molecule has 5 nitrogen and oxygen atoms in total. The second-order valence-corrected chi connectivity index (χ2v) is 5.70. The molecular formula is C14H19N3O2. The first kappa shape index (κ1) is 12.3. The van der Waals surface area contributed by atoms with E-state index in [-0.39, 0.29) is 10.6 Å². The monoisotopic (exact) mass is 261 g/mol.